The van der Waals surface area contributed by atoms with E-state index in [9.17, 15) is 4.79 Å². The summed E-state index contributed by atoms with van der Waals surface area (Å²) >= 11 is 0. The van der Waals surface area contributed by atoms with Crippen LogP contribution in [0.5, 0.6) is 5.75 Å². The van der Waals surface area contributed by atoms with Crippen molar-refractivity contribution in [3.63, 3.8) is 0 Å². The van der Waals surface area contributed by atoms with Crippen molar-refractivity contribution in [2.24, 2.45) is 4.99 Å². The third kappa shape index (κ3) is 8.48. The molecule has 0 bridgehead atoms. The highest BCUT2D eigenvalue weighted by molar-refractivity contribution is 14.0. The third-order valence-corrected chi connectivity index (χ3v) is 4.62. The summed E-state index contributed by atoms with van der Waals surface area (Å²) in [5.74, 6) is 2.06. The standard InChI is InChI=1S/C22H30N4O3.HI/c1-16(18-7-11-20(28-3)12-8-18)13-14-24-21(23-2)25-15-17-5-9-19(10-6-17)26-22(27)29-4;/h5-12,16H,13-15H2,1-4H3,(H,26,27)(H2,23,24,25);1H. The van der Waals surface area contributed by atoms with Crippen molar-refractivity contribution in [2.45, 2.75) is 25.8 Å². The fourth-order valence-corrected chi connectivity index (χ4v) is 2.79. The van der Waals surface area contributed by atoms with E-state index >= 15 is 0 Å². The fraction of sp³-hybridized carbons (Fsp3) is 0.364. The third-order valence-electron chi connectivity index (χ3n) is 4.62. The summed E-state index contributed by atoms with van der Waals surface area (Å²) in [6.07, 6.45) is 0.505. The Morgan fingerprint density at radius 1 is 1.03 bits per heavy atom. The van der Waals surface area contributed by atoms with Crippen LogP contribution in [0.15, 0.2) is 53.5 Å². The van der Waals surface area contributed by atoms with Crippen molar-refractivity contribution in [2.75, 3.05) is 33.1 Å². The normalized spacial score (nSPS) is 11.7. The van der Waals surface area contributed by atoms with Gasteiger partial charge in [0.2, 0.25) is 0 Å². The Morgan fingerprint density at radius 3 is 2.27 bits per heavy atom. The van der Waals surface area contributed by atoms with Crippen LogP contribution < -0.4 is 20.7 Å². The molecule has 0 fully saturated rings. The highest BCUT2D eigenvalue weighted by atomic mass is 127. The molecule has 1 atom stereocenters. The summed E-state index contributed by atoms with van der Waals surface area (Å²) in [7, 11) is 4.77. The van der Waals surface area contributed by atoms with E-state index in [4.69, 9.17) is 4.74 Å². The van der Waals surface area contributed by atoms with Gasteiger partial charge in [-0.05, 0) is 47.7 Å². The summed E-state index contributed by atoms with van der Waals surface area (Å²) in [4.78, 5) is 15.5. The molecule has 30 heavy (non-hydrogen) atoms. The van der Waals surface area contributed by atoms with Crippen LogP contribution in [0.25, 0.3) is 0 Å². The van der Waals surface area contributed by atoms with Gasteiger partial charge in [-0.15, -0.1) is 24.0 Å². The number of amides is 1. The summed E-state index contributed by atoms with van der Waals surface area (Å²) < 4.78 is 9.79. The van der Waals surface area contributed by atoms with Crippen molar-refractivity contribution >= 4 is 41.7 Å². The highest BCUT2D eigenvalue weighted by Gasteiger charge is 2.07. The van der Waals surface area contributed by atoms with E-state index < -0.39 is 6.09 Å². The van der Waals surface area contributed by atoms with Crippen LogP contribution in [0.1, 0.15) is 30.4 Å². The predicted molar refractivity (Wildman–Crippen MR) is 132 cm³/mol. The van der Waals surface area contributed by atoms with Gasteiger partial charge in [0.25, 0.3) is 0 Å². The molecule has 7 nitrogen and oxygen atoms in total. The Hall–Kier alpha value is -2.49. The number of anilines is 1. The van der Waals surface area contributed by atoms with Crippen LogP contribution in [0, 0.1) is 0 Å². The number of carbonyl (C=O) groups is 1. The van der Waals surface area contributed by atoms with Gasteiger partial charge in [0.15, 0.2) is 5.96 Å². The molecule has 0 aliphatic rings. The quantitative estimate of drug-likeness (QED) is 0.271. The maximum atomic E-state index is 11.2. The first-order chi connectivity index (χ1) is 14.0. The van der Waals surface area contributed by atoms with Gasteiger partial charge in [-0.2, -0.15) is 0 Å². The molecular formula is C22H31IN4O3. The van der Waals surface area contributed by atoms with Crippen LogP contribution in [0.4, 0.5) is 10.5 Å². The number of hydrogen-bond donors (Lipinski definition) is 3. The number of rotatable bonds is 8. The van der Waals surface area contributed by atoms with Crippen molar-refractivity contribution in [3.8, 4) is 5.75 Å². The SMILES string of the molecule is CN=C(NCCC(C)c1ccc(OC)cc1)NCc1ccc(NC(=O)OC)cc1.I. The Morgan fingerprint density at radius 2 is 1.70 bits per heavy atom. The van der Waals surface area contributed by atoms with Crippen molar-refractivity contribution in [1.82, 2.24) is 10.6 Å². The molecule has 0 saturated heterocycles. The van der Waals surface area contributed by atoms with Gasteiger partial charge in [-0.25, -0.2) is 4.79 Å². The molecule has 0 spiro atoms. The van der Waals surface area contributed by atoms with Crippen LogP contribution in [0.2, 0.25) is 0 Å². The van der Waals surface area contributed by atoms with Gasteiger partial charge in [0.1, 0.15) is 5.75 Å². The number of aliphatic imine (C=N–C) groups is 1. The number of carbonyl (C=O) groups excluding carboxylic acids is 1. The minimum atomic E-state index is -0.482. The number of guanidine groups is 1. The van der Waals surface area contributed by atoms with Gasteiger partial charge in [0.05, 0.1) is 14.2 Å². The summed E-state index contributed by atoms with van der Waals surface area (Å²) in [6, 6.07) is 15.7. The molecule has 0 aliphatic carbocycles. The smallest absolute Gasteiger partial charge is 0.411 e. The first-order valence-corrected chi connectivity index (χ1v) is 9.58. The Labute approximate surface area is 195 Å². The molecule has 164 valence electrons. The number of nitrogens with one attached hydrogen (secondary N) is 3. The molecule has 0 aliphatic heterocycles. The highest BCUT2D eigenvalue weighted by Crippen LogP contribution is 2.21. The zero-order valence-electron chi connectivity index (χ0n) is 17.9. The second-order valence-corrected chi connectivity index (χ2v) is 6.63. The van der Waals surface area contributed by atoms with Crippen molar-refractivity contribution in [3.05, 3.63) is 59.7 Å². The number of nitrogens with zero attached hydrogens (tertiary/aromatic N) is 1. The number of halogens is 1. The molecule has 2 aromatic rings. The summed E-state index contributed by atoms with van der Waals surface area (Å²) in [5.41, 5.74) is 3.06. The van der Waals surface area contributed by atoms with Crippen LogP contribution in [-0.2, 0) is 11.3 Å². The molecule has 0 radical (unpaired) electrons. The Balaban J connectivity index is 0.00000450. The van der Waals surface area contributed by atoms with E-state index in [1.165, 1.54) is 12.7 Å². The average molecular weight is 526 g/mol. The predicted octanol–water partition coefficient (Wildman–Crippen LogP) is 4.35. The summed E-state index contributed by atoms with van der Waals surface area (Å²) in [6.45, 7) is 3.66. The van der Waals surface area contributed by atoms with Gasteiger partial charge in [-0.3, -0.25) is 10.3 Å². The zero-order valence-corrected chi connectivity index (χ0v) is 20.2. The van der Waals surface area contributed by atoms with E-state index in [1.54, 1.807) is 14.2 Å². The minimum absolute atomic E-state index is 0. The van der Waals surface area contributed by atoms with Gasteiger partial charge >= 0.3 is 6.09 Å². The zero-order chi connectivity index (χ0) is 21.1. The van der Waals surface area contributed by atoms with E-state index in [1.807, 2.05) is 36.4 Å². The van der Waals surface area contributed by atoms with Gasteiger partial charge in [0, 0.05) is 25.8 Å². The molecule has 8 heteroatoms. The molecule has 1 unspecified atom stereocenters. The van der Waals surface area contributed by atoms with Crippen molar-refractivity contribution in [1.29, 1.82) is 0 Å². The van der Waals surface area contributed by atoms with E-state index in [2.05, 4.69) is 44.7 Å². The monoisotopic (exact) mass is 526 g/mol. The second kappa shape index (κ2) is 13.7. The Kier molecular flexibility index (Phi) is 11.7. The molecule has 2 aromatic carbocycles. The van der Waals surface area contributed by atoms with E-state index in [-0.39, 0.29) is 24.0 Å². The maximum absolute atomic E-state index is 11.2. The van der Waals surface area contributed by atoms with Crippen LogP contribution in [-0.4, -0.2) is 39.9 Å². The van der Waals surface area contributed by atoms with E-state index in [0.29, 0.717) is 18.2 Å². The number of ether oxygens (including phenoxy) is 2. The lowest BCUT2D eigenvalue weighted by Crippen LogP contribution is -2.37. The lowest BCUT2D eigenvalue weighted by molar-refractivity contribution is 0.187. The molecule has 1 amide bonds. The molecular weight excluding hydrogens is 495 g/mol. The summed E-state index contributed by atoms with van der Waals surface area (Å²) in [5, 5.41) is 9.27. The molecule has 2 rings (SSSR count). The number of hydrogen-bond acceptors (Lipinski definition) is 4. The lowest BCUT2D eigenvalue weighted by atomic mass is 9.98. The van der Waals surface area contributed by atoms with Crippen molar-refractivity contribution < 1.29 is 14.3 Å². The topological polar surface area (TPSA) is 84.0 Å². The minimum Gasteiger partial charge on any atom is -0.497 e. The van der Waals surface area contributed by atoms with Crippen LogP contribution >= 0.6 is 24.0 Å². The van der Waals surface area contributed by atoms with Crippen LogP contribution in [0.3, 0.4) is 0 Å². The molecule has 0 saturated carbocycles. The lowest BCUT2D eigenvalue weighted by Gasteiger charge is -2.15. The molecule has 3 N–H and O–H groups in total. The number of methoxy groups -OCH3 is 2. The van der Waals surface area contributed by atoms with Gasteiger partial charge < -0.3 is 20.1 Å². The Bertz CT molecular complexity index is 795. The van der Waals surface area contributed by atoms with E-state index in [0.717, 1.165) is 30.2 Å². The maximum Gasteiger partial charge on any atom is 0.411 e. The first-order valence-electron chi connectivity index (χ1n) is 9.58. The largest absolute Gasteiger partial charge is 0.497 e. The molecule has 0 aromatic heterocycles. The molecule has 0 heterocycles. The number of benzene rings is 2. The average Bonchev–Trinajstić information content (AvgIpc) is 2.76. The second-order valence-electron chi connectivity index (χ2n) is 6.63. The van der Waals surface area contributed by atoms with Gasteiger partial charge in [-0.1, -0.05) is 31.2 Å². The first kappa shape index (κ1) is 25.5. The fourth-order valence-electron chi connectivity index (χ4n) is 2.79.